The average Bonchev–Trinajstić information content (AvgIpc) is 2.99. The van der Waals surface area contributed by atoms with Crippen LogP contribution in [0.4, 0.5) is 4.79 Å². The van der Waals surface area contributed by atoms with E-state index in [0.717, 1.165) is 32.4 Å². The largest absolute Gasteiger partial charge is 0.376 e. The second kappa shape index (κ2) is 8.27. The van der Waals surface area contributed by atoms with Gasteiger partial charge in [-0.1, -0.05) is 6.07 Å². The lowest BCUT2D eigenvalue weighted by Crippen LogP contribution is -2.45. The molecule has 2 heterocycles. The fourth-order valence-corrected chi connectivity index (χ4v) is 3.12. The zero-order chi connectivity index (χ0) is 14.2. The number of rotatable bonds is 6. The first-order chi connectivity index (χ1) is 9.79. The maximum Gasteiger partial charge on any atom is 0.317 e. The summed E-state index contributed by atoms with van der Waals surface area (Å²) in [6.45, 7) is 4.98. The molecule has 0 aliphatic carbocycles. The lowest BCUT2D eigenvalue weighted by atomic mass is 10.1. The van der Waals surface area contributed by atoms with Crippen molar-refractivity contribution in [3.8, 4) is 0 Å². The lowest BCUT2D eigenvalue weighted by molar-refractivity contribution is 0.00136. The topological polar surface area (TPSA) is 41.6 Å². The Morgan fingerprint density at radius 2 is 2.45 bits per heavy atom. The van der Waals surface area contributed by atoms with Crippen molar-refractivity contribution in [3.05, 3.63) is 22.4 Å². The zero-order valence-electron chi connectivity index (χ0n) is 12.1. The summed E-state index contributed by atoms with van der Waals surface area (Å²) in [6.07, 6.45) is 4.55. The van der Waals surface area contributed by atoms with Gasteiger partial charge in [0.2, 0.25) is 0 Å². The number of nitrogens with one attached hydrogen (secondary N) is 1. The standard InChI is InChI=1S/C15H24N2O2S/c1-2-17(12-13-6-3-4-10-19-13)15(18)16-9-8-14-7-5-11-20-14/h5,7,11,13H,2-4,6,8-10,12H2,1H3,(H,16,18)/t13-/m0/s1. The van der Waals surface area contributed by atoms with E-state index in [1.807, 2.05) is 17.9 Å². The first-order valence-electron chi connectivity index (χ1n) is 7.46. The van der Waals surface area contributed by atoms with Crippen LogP contribution in [0.2, 0.25) is 0 Å². The summed E-state index contributed by atoms with van der Waals surface area (Å²) in [7, 11) is 0. The van der Waals surface area contributed by atoms with Gasteiger partial charge in [-0.05, 0) is 44.1 Å². The van der Waals surface area contributed by atoms with Gasteiger partial charge < -0.3 is 15.0 Å². The highest BCUT2D eigenvalue weighted by atomic mass is 32.1. The summed E-state index contributed by atoms with van der Waals surface area (Å²) in [6, 6.07) is 4.17. The minimum absolute atomic E-state index is 0.0261. The molecule has 1 aromatic heterocycles. The summed E-state index contributed by atoms with van der Waals surface area (Å²) in [5.41, 5.74) is 0. The number of nitrogens with zero attached hydrogens (tertiary/aromatic N) is 1. The highest BCUT2D eigenvalue weighted by molar-refractivity contribution is 7.09. The van der Waals surface area contributed by atoms with Gasteiger partial charge in [-0.25, -0.2) is 4.79 Å². The van der Waals surface area contributed by atoms with Gasteiger partial charge in [0.15, 0.2) is 0 Å². The van der Waals surface area contributed by atoms with Crippen LogP contribution in [0.15, 0.2) is 17.5 Å². The molecule has 0 saturated carbocycles. The van der Waals surface area contributed by atoms with E-state index >= 15 is 0 Å². The van der Waals surface area contributed by atoms with Gasteiger partial charge in [0, 0.05) is 31.1 Å². The first kappa shape index (κ1) is 15.3. The van der Waals surface area contributed by atoms with E-state index in [-0.39, 0.29) is 12.1 Å². The molecule has 1 N–H and O–H groups in total. The van der Waals surface area contributed by atoms with Gasteiger partial charge in [0.05, 0.1) is 6.10 Å². The van der Waals surface area contributed by atoms with Crippen molar-refractivity contribution in [2.45, 2.75) is 38.7 Å². The molecule has 1 atom stereocenters. The molecular weight excluding hydrogens is 272 g/mol. The molecule has 0 spiro atoms. The number of thiophene rings is 1. The van der Waals surface area contributed by atoms with Crippen molar-refractivity contribution >= 4 is 17.4 Å². The normalized spacial score (nSPS) is 18.8. The number of ether oxygens (including phenoxy) is 1. The lowest BCUT2D eigenvalue weighted by Gasteiger charge is -2.29. The third kappa shape index (κ3) is 4.80. The smallest absolute Gasteiger partial charge is 0.317 e. The molecule has 1 aliphatic heterocycles. The van der Waals surface area contributed by atoms with Crippen molar-refractivity contribution in [1.29, 1.82) is 0 Å². The Morgan fingerprint density at radius 1 is 1.55 bits per heavy atom. The van der Waals surface area contributed by atoms with Crippen LogP contribution in [0.25, 0.3) is 0 Å². The molecule has 5 heteroatoms. The molecule has 0 unspecified atom stereocenters. The average molecular weight is 296 g/mol. The van der Waals surface area contributed by atoms with Crippen molar-refractivity contribution in [2.24, 2.45) is 0 Å². The first-order valence-corrected chi connectivity index (χ1v) is 8.34. The second-order valence-electron chi connectivity index (χ2n) is 5.09. The fourth-order valence-electron chi connectivity index (χ4n) is 2.41. The molecule has 2 rings (SSSR count). The number of hydrogen-bond acceptors (Lipinski definition) is 3. The van der Waals surface area contributed by atoms with Crippen molar-refractivity contribution < 1.29 is 9.53 Å². The summed E-state index contributed by atoms with van der Waals surface area (Å²) in [5.74, 6) is 0. The Labute approximate surface area is 125 Å². The van der Waals surface area contributed by atoms with E-state index in [1.54, 1.807) is 11.3 Å². The van der Waals surface area contributed by atoms with Crippen LogP contribution in [0.3, 0.4) is 0 Å². The molecule has 2 amide bonds. The van der Waals surface area contributed by atoms with E-state index in [4.69, 9.17) is 4.74 Å². The van der Waals surface area contributed by atoms with Crippen LogP contribution >= 0.6 is 11.3 Å². The number of likely N-dealkylation sites (N-methyl/N-ethyl adjacent to an activating group) is 1. The number of hydrogen-bond donors (Lipinski definition) is 1. The summed E-state index contributed by atoms with van der Waals surface area (Å²) >= 11 is 1.73. The molecule has 0 bridgehead atoms. The summed E-state index contributed by atoms with van der Waals surface area (Å²) in [5, 5.41) is 5.07. The van der Waals surface area contributed by atoms with Crippen molar-refractivity contribution in [2.75, 3.05) is 26.2 Å². The molecule has 4 nitrogen and oxygen atoms in total. The van der Waals surface area contributed by atoms with E-state index in [2.05, 4.69) is 16.8 Å². The minimum Gasteiger partial charge on any atom is -0.376 e. The SMILES string of the molecule is CCN(C[C@@H]1CCCCO1)C(=O)NCCc1cccs1. The van der Waals surface area contributed by atoms with E-state index < -0.39 is 0 Å². The maximum absolute atomic E-state index is 12.1. The zero-order valence-corrected chi connectivity index (χ0v) is 13.0. The molecule has 1 aliphatic rings. The Kier molecular flexibility index (Phi) is 6.33. The Balaban J connectivity index is 1.70. The Bertz CT molecular complexity index is 389. The van der Waals surface area contributed by atoms with E-state index in [9.17, 15) is 4.79 Å². The van der Waals surface area contributed by atoms with Gasteiger partial charge in [-0.3, -0.25) is 0 Å². The molecule has 0 radical (unpaired) electrons. The highest BCUT2D eigenvalue weighted by Crippen LogP contribution is 2.14. The third-order valence-corrected chi connectivity index (χ3v) is 4.53. The Morgan fingerprint density at radius 3 is 3.10 bits per heavy atom. The number of carbonyl (C=O) groups is 1. The van der Waals surface area contributed by atoms with Gasteiger partial charge in [-0.15, -0.1) is 11.3 Å². The molecule has 0 aromatic carbocycles. The molecule has 1 fully saturated rings. The van der Waals surface area contributed by atoms with Crippen LogP contribution < -0.4 is 5.32 Å². The second-order valence-corrected chi connectivity index (χ2v) is 6.12. The number of carbonyl (C=O) groups excluding carboxylic acids is 1. The minimum atomic E-state index is 0.0261. The predicted octanol–water partition coefficient (Wildman–Crippen LogP) is 2.89. The molecular formula is C15H24N2O2S. The maximum atomic E-state index is 12.1. The number of amides is 2. The van der Waals surface area contributed by atoms with Gasteiger partial charge >= 0.3 is 6.03 Å². The van der Waals surface area contributed by atoms with Crippen molar-refractivity contribution in [3.63, 3.8) is 0 Å². The molecule has 1 saturated heterocycles. The van der Waals surface area contributed by atoms with E-state index in [1.165, 1.54) is 11.3 Å². The third-order valence-electron chi connectivity index (χ3n) is 3.59. The van der Waals surface area contributed by atoms with Crippen molar-refractivity contribution in [1.82, 2.24) is 10.2 Å². The van der Waals surface area contributed by atoms with E-state index in [0.29, 0.717) is 13.1 Å². The monoisotopic (exact) mass is 296 g/mol. The Hall–Kier alpha value is -1.07. The quantitative estimate of drug-likeness (QED) is 0.877. The van der Waals surface area contributed by atoms with Gasteiger partial charge in [0.25, 0.3) is 0 Å². The van der Waals surface area contributed by atoms with Crippen LogP contribution in [-0.2, 0) is 11.2 Å². The highest BCUT2D eigenvalue weighted by Gasteiger charge is 2.20. The van der Waals surface area contributed by atoms with Crippen LogP contribution in [0.5, 0.6) is 0 Å². The van der Waals surface area contributed by atoms with Crippen LogP contribution in [0, 0.1) is 0 Å². The van der Waals surface area contributed by atoms with Crippen LogP contribution in [0.1, 0.15) is 31.1 Å². The molecule has 1 aromatic rings. The molecule has 20 heavy (non-hydrogen) atoms. The summed E-state index contributed by atoms with van der Waals surface area (Å²) < 4.78 is 5.70. The van der Waals surface area contributed by atoms with Gasteiger partial charge in [0.1, 0.15) is 0 Å². The number of urea groups is 1. The summed E-state index contributed by atoms with van der Waals surface area (Å²) in [4.78, 5) is 15.3. The fraction of sp³-hybridized carbons (Fsp3) is 0.667. The van der Waals surface area contributed by atoms with Crippen LogP contribution in [-0.4, -0.2) is 43.3 Å². The predicted molar refractivity (Wildman–Crippen MR) is 82.3 cm³/mol. The van der Waals surface area contributed by atoms with Gasteiger partial charge in [-0.2, -0.15) is 0 Å². The molecule has 112 valence electrons.